The van der Waals surface area contributed by atoms with Gasteiger partial charge in [0.1, 0.15) is 0 Å². The van der Waals surface area contributed by atoms with Gasteiger partial charge in [-0.1, -0.05) is 42.0 Å². The van der Waals surface area contributed by atoms with E-state index in [4.69, 9.17) is 0 Å². The van der Waals surface area contributed by atoms with Crippen LogP contribution in [0.5, 0.6) is 0 Å². The van der Waals surface area contributed by atoms with Crippen molar-refractivity contribution in [3.05, 3.63) is 69.8 Å². The van der Waals surface area contributed by atoms with E-state index in [1.165, 1.54) is 59.3 Å². The minimum atomic E-state index is 0.927. The Labute approximate surface area is 146 Å². The van der Waals surface area contributed by atoms with Gasteiger partial charge >= 0.3 is 0 Å². The van der Waals surface area contributed by atoms with Gasteiger partial charge in [-0.05, 0) is 74.5 Å². The summed E-state index contributed by atoms with van der Waals surface area (Å²) in [7, 11) is 0. The van der Waals surface area contributed by atoms with E-state index in [2.05, 4.69) is 67.4 Å². The van der Waals surface area contributed by atoms with Crippen LogP contribution in [0, 0.1) is 20.8 Å². The molecule has 1 aliphatic heterocycles. The highest BCUT2D eigenvalue weighted by molar-refractivity contribution is 5.37. The quantitative estimate of drug-likeness (QED) is 0.842. The van der Waals surface area contributed by atoms with Crippen LogP contribution in [-0.2, 0) is 19.6 Å². The Balaban J connectivity index is 1.51. The molecule has 2 aromatic carbocycles. The summed E-state index contributed by atoms with van der Waals surface area (Å²) in [5, 5.41) is 3.60. The summed E-state index contributed by atoms with van der Waals surface area (Å²) in [6, 6.07) is 13.7. The lowest BCUT2D eigenvalue weighted by molar-refractivity contribution is 0.331. The maximum atomic E-state index is 3.60. The first-order valence-corrected chi connectivity index (χ1v) is 9.19. The smallest absolute Gasteiger partial charge is 0.0233 e. The number of benzene rings is 2. The molecule has 2 aromatic rings. The highest BCUT2D eigenvalue weighted by atomic mass is 15.1. The zero-order valence-corrected chi connectivity index (χ0v) is 15.4. The molecule has 1 fully saturated rings. The third-order valence-corrected chi connectivity index (χ3v) is 5.10. The molecule has 1 N–H and O–H groups in total. The number of hydrogen-bond acceptors (Lipinski definition) is 2. The van der Waals surface area contributed by atoms with Crippen molar-refractivity contribution in [3.8, 4) is 0 Å². The maximum absolute atomic E-state index is 3.60. The van der Waals surface area contributed by atoms with Gasteiger partial charge in [0, 0.05) is 19.6 Å². The molecule has 0 spiro atoms. The van der Waals surface area contributed by atoms with Gasteiger partial charge in [-0.2, -0.15) is 0 Å². The van der Waals surface area contributed by atoms with E-state index in [1.807, 2.05) is 0 Å². The molecule has 1 saturated heterocycles. The second-order valence-electron chi connectivity index (χ2n) is 7.28. The lowest BCUT2D eigenvalue weighted by Crippen LogP contribution is -2.18. The molecule has 0 unspecified atom stereocenters. The molecular formula is C22H30N2. The maximum Gasteiger partial charge on any atom is 0.0233 e. The fourth-order valence-electron chi connectivity index (χ4n) is 3.78. The highest BCUT2D eigenvalue weighted by Gasteiger charge is 2.11. The third kappa shape index (κ3) is 4.46. The zero-order chi connectivity index (χ0) is 16.9. The van der Waals surface area contributed by atoms with Crippen LogP contribution in [0.1, 0.15) is 46.2 Å². The second kappa shape index (κ2) is 7.96. The molecule has 1 heterocycles. The molecular weight excluding hydrogens is 292 g/mol. The summed E-state index contributed by atoms with van der Waals surface area (Å²) in [4.78, 5) is 2.55. The molecule has 0 aromatic heterocycles. The van der Waals surface area contributed by atoms with Crippen molar-refractivity contribution >= 4 is 0 Å². The first-order valence-electron chi connectivity index (χ1n) is 9.19. The van der Waals surface area contributed by atoms with E-state index >= 15 is 0 Å². The standard InChI is InChI=1S/C22H30N2/c1-17-12-18(2)22(19(3)13-17)15-23-14-20-6-8-21(9-7-20)16-24-10-4-5-11-24/h6-9,12-13,23H,4-5,10-11,14-16H2,1-3H3. The van der Waals surface area contributed by atoms with Crippen LogP contribution in [0.4, 0.5) is 0 Å². The molecule has 1 aliphatic rings. The Morgan fingerprint density at radius 3 is 2.04 bits per heavy atom. The molecule has 128 valence electrons. The molecule has 3 rings (SSSR count). The fraction of sp³-hybridized carbons (Fsp3) is 0.455. The SMILES string of the molecule is Cc1cc(C)c(CNCc2ccc(CN3CCCC3)cc2)c(C)c1. The van der Waals surface area contributed by atoms with Crippen molar-refractivity contribution in [2.24, 2.45) is 0 Å². The number of rotatable bonds is 6. The van der Waals surface area contributed by atoms with E-state index in [1.54, 1.807) is 0 Å². The summed E-state index contributed by atoms with van der Waals surface area (Å²) in [6.07, 6.45) is 2.72. The Kier molecular flexibility index (Phi) is 5.70. The largest absolute Gasteiger partial charge is 0.309 e. The van der Waals surface area contributed by atoms with Gasteiger partial charge in [-0.15, -0.1) is 0 Å². The molecule has 0 atom stereocenters. The normalized spacial score (nSPS) is 15.1. The van der Waals surface area contributed by atoms with Gasteiger partial charge in [0.2, 0.25) is 0 Å². The topological polar surface area (TPSA) is 15.3 Å². The predicted octanol–water partition coefficient (Wildman–Crippen LogP) is 4.50. The monoisotopic (exact) mass is 322 g/mol. The summed E-state index contributed by atoms with van der Waals surface area (Å²) < 4.78 is 0. The Bertz CT molecular complexity index is 644. The molecule has 0 amide bonds. The van der Waals surface area contributed by atoms with Crippen LogP contribution in [-0.4, -0.2) is 18.0 Å². The summed E-state index contributed by atoms with van der Waals surface area (Å²) in [5.74, 6) is 0. The van der Waals surface area contributed by atoms with Gasteiger partial charge < -0.3 is 5.32 Å². The number of aryl methyl sites for hydroxylation is 3. The van der Waals surface area contributed by atoms with Crippen molar-refractivity contribution in [3.63, 3.8) is 0 Å². The summed E-state index contributed by atoms with van der Waals surface area (Å²) >= 11 is 0. The lowest BCUT2D eigenvalue weighted by Gasteiger charge is -2.15. The van der Waals surface area contributed by atoms with Crippen LogP contribution in [0.3, 0.4) is 0 Å². The van der Waals surface area contributed by atoms with Crippen LogP contribution < -0.4 is 5.32 Å². The van der Waals surface area contributed by atoms with Gasteiger partial charge in [-0.25, -0.2) is 0 Å². The fourth-order valence-corrected chi connectivity index (χ4v) is 3.78. The lowest BCUT2D eigenvalue weighted by atomic mass is 10.00. The van der Waals surface area contributed by atoms with Gasteiger partial charge in [0.15, 0.2) is 0 Å². The molecule has 0 bridgehead atoms. The average Bonchev–Trinajstić information content (AvgIpc) is 3.04. The van der Waals surface area contributed by atoms with Crippen molar-refractivity contribution in [1.82, 2.24) is 10.2 Å². The summed E-state index contributed by atoms with van der Waals surface area (Å²) in [6.45, 7) is 12.1. The number of nitrogens with zero attached hydrogens (tertiary/aromatic N) is 1. The summed E-state index contributed by atoms with van der Waals surface area (Å²) in [5.41, 5.74) is 8.36. The highest BCUT2D eigenvalue weighted by Crippen LogP contribution is 2.17. The van der Waals surface area contributed by atoms with Crippen molar-refractivity contribution in [2.75, 3.05) is 13.1 Å². The first-order chi connectivity index (χ1) is 11.6. The van der Waals surface area contributed by atoms with Gasteiger partial charge in [-0.3, -0.25) is 4.90 Å². The molecule has 0 saturated carbocycles. The number of nitrogens with one attached hydrogen (secondary N) is 1. The second-order valence-corrected chi connectivity index (χ2v) is 7.28. The van der Waals surface area contributed by atoms with E-state index in [9.17, 15) is 0 Å². The minimum Gasteiger partial charge on any atom is -0.309 e. The molecule has 2 nitrogen and oxygen atoms in total. The van der Waals surface area contributed by atoms with Crippen LogP contribution >= 0.6 is 0 Å². The average molecular weight is 322 g/mol. The van der Waals surface area contributed by atoms with E-state index in [0.29, 0.717) is 0 Å². The van der Waals surface area contributed by atoms with Gasteiger partial charge in [0.05, 0.1) is 0 Å². The van der Waals surface area contributed by atoms with Crippen molar-refractivity contribution in [2.45, 2.75) is 53.2 Å². The minimum absolute atomic E-state index is 0.927. The third-order valence-electron chi connectivity index (χ3n) is 5.10. The van der Waals surface area contributed by atoms with Gasteiger partial charge in [0.25, 0.3) is 0 Å². The van der Waals surface area contributed by atoms with Crippen molar-refractivity contribution in [1.29, 1.82) is 0 Å². The zero-order valence-electron chi connectivity index (χ0n) is 15.4. The molecule has 0 radical (unpaired) electrons. The van der Waals surface area contributed by atoms with E-state index in [0.717, 1.165) is 19.6 Å². The van der Waals surface area contributed by atoms with E-state index in [-0.39, 0.29) is 0 Å². The Hall–Kier alpha value is -1.64. The van der Waals surface area contributed by atoms with Crippen molar-refractivity contribution < 1.29 is 0 Å². The first kappa shape index (κ1) is 17.2. The number of likely N-dealkylation sites (tertiary alicyclic amines) is 1. The van der Waals surface area contributed by atoms with Crippen LogP contribution in [0.2, 0.25) is 0 Å². The van der Waals surface area contributed by atoms with Crippen LogP contribution in [0.25, 0.3) is 0 Å². The van der Waals surface area contributed by atoms with Crippen LogP contribution in [0.15, 0.2) is 36.4 Å². The molecule has 0 aliphatic carbocycles. The van der Waals surface area contributed by atoms with E-state index < -0.39 is 0 Å². The molecule has 24 heavy (non-hydrogen) atoms. The molecule has 2 heteroatoms. The predicted molar refractivity (Wildman–Crippen MR) is 102 cm³/mol. The number of hydrogen-bond donors (Lipinski definition) is 1. The Morgan fingerprint density at radius 1 is 0.833 bits per heavy atom. The Morgan fingerprint density at radius 2 is 1.42 bits per heavy atom.